The fraction of sp³-hybridized carbons (Fsp3) is 0.556. The van der Waals surface area contributed by atoms with Crippen molar-refractivity contribution >= 4 is 11.8 Å². The zero-order chi connectivity index (χ0) is 17.7. The van der Waals surface area contributed by atoms with Gasteiger partial charge in [0.05, 0.1) is 12.6 Å². The Morgan fingerprint density at radius 3 is 2.58 bits per heavy atom. The maximum absolute atomic E-state index is 12.9. The van der Waals surface area contributed by atoms with Crippen LogP contribution in [-0.4, -0.2) is 60.9 Å². The van der Waals surface area contributed by atoms with E-state index < -0.39 is 0 Å². The first-order valence-electron chi connectivity index (χ1n) is 8.38. The van der Waals surface area contributed by atoms with Crippen LogP contribution in [0.3, 0.4) is 0 Å². The van der Waals surface area contributed by atoms with Gasteiger partial charge in [-0.2, -0.15) is 0 Å². The predicted octanol–water partition coefficient (Wildman–Crippen LogP) is 1.28. The number of nitrogens with one attached hydrogen (secondary N) is 1. The molecule has 1 aromatic carbocycles. The molecule has 2 rings (SSSR count). The Hall–Kier alpha value is -1.95. The lowest BCUT2D eigenvalue weighted by Crippen LogP contribution is -2.59. The van der Waals surface area contributed by atoms with E-state index in [2.05, 4.69) is 5.32 Å². The van der Waals surface area contributed by atoms with E-state index in [-0.39, 0.29) is 36.1 Å². The van der Waals surface area contributed by atoms with E-state index in [1.807, 2.05) is 18.7 Å². The van der Waals surface area contributed by atoms with Gasteiger partial charge in [0.15, 0.2) is 0 Å². The molecule has 2 amide bonds. The minimum absolute atomic E-state index is 0.0790. The molecule has 0 radical (unpaired) electrons. The SMILES string of the molecule is CC(C)C1C(=O)N(C)CCN1CC(=O)NCCc1ccc(F)cc1. The van der Waals surface area contributed by atoms with E-state index in [9.17, 15) is 14.0 Å². The molecule has 5 nitrogen and oxygen atoms in total. The highest BCUT2D eigenvalue weighted by molar-refractivity contribution is 5.84. The van der Waals surface area contributed by atoms with Crippen LogP contribution < -0.4 is 5.32 Å². The van der Waals surface area contributed by atoms with E-state index in [1.165, 1.54) is 12.1 Å². The zero-order valence-corrected chi connectivity index (χ0v) is 14.6. The summed E-state index contributed by atoms with van der Waals surface area (Å²) in [4.78, 5) is 28.2. The number of hydrogen-bond donors (Lipinski definition) is 1. The number of halogens is 1. The van der Waals surface area contributed by atoms with Crippen molar-refractivity contribution in [1.29, 1.82) is 0 Å². The molecule has 1 aliphatic rings. The van der Waals surface area contributed by atoms with Gasteiger partial charge in [-0.3, -0.25) is 14.5 Å². The molecule has 0 saturated carbocycles. The normalized spacial score (nSPS) is 19.0. The molecule has 1 unspecified atom stereocenters. The van der Waals surface area contributed by atoms with Crippen LogP contribution in [0, 0.1) is 11.7 Å². The highest BCUT2D eigenvalue weighted by Gasteiger charge is 2.35. The third-order valence-electron chi connectivity index (χ3n) is 4.37. The minimum Gasteiger partial charge on any atom is -0.355 e. The lowest BCUT2D eigenvalue weighted by Gasteiger charge is -2.40. The summed E-state index contributed by atoms with van der Waals surface area (Å²) in [7, 11) is 1.80. The van der Waals surface area contributed by atoms with Crippen LogP contribution >= 0.6 is 0 Å². The Morgan fingerprint density at radius 2 is 1.96 bits per heavy atom. The molecular formula is C18H26FN3O2. The van der Waals surface area contributed by atoms with Crippen LogP contribution in [0.25, 0.3) is 0 Å². The molecule has 1 heterocycles. The molecule has 1 N–H and O–H groups in total. The summed E-state index contributed by atoms with van der Waals surface area (Å²) in [6, 6.07) is 6.03. The van der Waals surface area contributed by atoms with Crippen LogP contribution in [0.15, 0.2) is 24.3 Å². The molecule has 24 heavy (non-hydrogen) atoms. The second-order valence-electron chi connectivity index (χ2n) is 6.65. The molecular weight excluding hydrogens is 309 g/mol. The zero-order valence-electron chi connectivity index (χ0n) is 14.6. The summed E-state index contributed by atoms with van der Waals surface area (Å²) in [5.74, 6) is -0.106. The Labute approximate surface area is 142 Å². The first-order chi connectivity index (χ1) is 11.4. The summed E-state index contributed by atoms with van der Waals surface area (Å²) < 4.78 is 12.9. The molecule has 0 aromatic heterocycles. The number of piperazine rings is 1. The quantitative estimate of drug-likeness (QED) is 0.852. The molecule has 6 heteroatoms. The summed E-state index contributed by atoms with van der Waals surface area (Å²) >= 11 is 0. The lowest BCUT2D eigenvalue weighted by atomic mass is 9.99. The third-order valence-corrected chi connectivity index (χ3v) is 4.37. The second kappa shape index (κ2) is 8.24. The smallest absolute Gasteiger partial charge is 0.239 e. The average molecular weight is 335 g/mol. The van der Waals surface area contributed by atoms with Gasteiger partial charge in [0, 0.05) is 26.7 Å². The second-order valence-corrected chi connectivity index (χ2v) is 6.65. The third kappa shape index (κ3) is 4.77. The molecule has 0 bridgehead atoms. The van der Waals surface area contributed by atoms with Crippen LogP contribution in [0.2, 0.25) is 0 Å². The number of carbonyl (C=O) groups is 2. The molecule has 1 aromatic rings. The fourth-order valence-corrected chi connectivity index (χ4v) is 3.03. The van der Waals surface area contributed by atoms with Crippen molar-refractivity contribution in [3.8, 4) is 0 Å². The monoisotopic (exact) mass is 335 g/mol. The van der Waals surface area contributed by atoms with Gasteiger partial charge >= 0.3 is 0 Å². The molecule has 0 aliphatic carbocycles. The number of hydrogen-bond acceptors (Lipinski definition) is 3. The van der Waals surface area contributed by atoms with Crippen molar-refractivity contribution in [2.75, 3.05) is 33.2 Å². The molecule has 1 saturated heterocycles. The number of likely N-dealkylation sites (N-methyl/N-ethyl adjacent to an activating group) is 1. The minimum atomic E-state index is -0.262. The molecule has 1 aliphatic heterocycles. The van der Waals surface area contributed by atoms with E-state index in [4.69, 9.17) is 0 Å². The number of benzene rings is 1. The molecule has 1 atom stereocenters. The van der Waals surface area contributed by atoms with Gasteiger partial charge in [-0.25, -0.2) is 4.39 Å². The first-order valence-corrected chi connectivity index (χ1v) is 8.38. The Kier molecular flexibility index (Phi) is 6.31. The largest absolute Gasteiger partial charge is 0.355 e. The van der Waals surface area contributed by atoms with Gasteiger partial charge in [-0.05, 0) is 30.0 Å². The van der Waals surface area contributed by atoms with Gasteiger partial charge in [0.25, 0.3) is 0 Å². The van der Waals surface area contributed by atoms with E-state index in [0.29, 0.717) is 26.1 Å². The van der Waals surface area contributed by atoms with Gasteiger partial charge in [-0.15, -0.1) is 0 Å². The van der Waals surface area contributed by atoms with Gasteiger partial charge < -0.3 is 10.2 Å². The Morgan fingerprint density at radius 1 is 1.29 bits per heavy atom. The highest BCUT2D eigenvalue weighted by atomic mass is 19.1. The first kappa shape index (κ1) is 18.4. The Balaban J connectivity index is 1.82. The van der Waals surface area contributed by atoms with Crippen molar-refractivity contribution in [2.24, 2.45) is 5.92 Å². The van der Waals surface area contributed by atoms with Crippen LogP contribution in [-0.2, 0) is 16.0 Å². The van der Waals surface area contributed by atoms with Gasteiger partial charge in [0.2, 0.25) is 11.8 Å². The summed E-state index contributed by atoms with van der Waals surface area (Å²) in [6.45, 7) is 6.08. The van der Waals surface area contributed by atoms with Crippen molar-refractivity contribution in [3.05, 3.63) is 35.6 Å². The summed E-state index contributed by atoms with van der Waals surface area (Å²) in [5, 5.41) is 2.88. The van der Waals surface area contributed by atoms with Crippen molar-refractivity contribution in [1.82, 2.24) is 15.1 Å². The van der Waals surface area contributed by atoms with Crippen molar-refractivity contribution in [2.45, 2.75) is 26.3 Å². The van der Waals surface area contributed by atoms with E-state index in [0.717, 1.165) is 5.56 Å². The number of carbonyl (C=O) groups excluding carboxylic acids is 2. The average Bonchev–Trinajstić information content (AvgIpc) is 2.52. The number of nitrogens with zero attached hydrogens (tertiary/aromatic N) is 2. The van der Waals surface area contributed by atoms with E-state index in [1.54, 1.807) is 24.1 Å². The number of amides is 2. The van der Waals surface area contributed by atoms with Crippen molar-refractivity contribution in [3.63, 3.8) is 0 Å². The van der Waals surface area contributed by atoms with Gasteiger partial charge in [-0.1, -0.05) is 26.0 Å². The fourth-order valence-electron chi connectivity index (χ4n) is 3.03. The molecule has 1 fully saturated rings. The van der Waals surface area contributed by atoms with E-state index >= 15 is 0 Å². The van der Waals surface area contributed by atoms with Crippen molar-refractivity contribution < 1.29 is 14.0 Å². The predicted molar refractivity (Wildman–Crippen MR) is 90.9 cm³/mol. The van der Waals surface area contributed by atoms with Crippen LogP contribution in [0.4, 0.5) is 4.39 Å². The topological polar surface area (TPSA) is 52.7 Å². The maximum Gasteiger partial charge on any atom is 0.239 e. The lowest BCUT2D eigenvalue weighted by molar-refractivity contribution is -0.143. The molecule has 0 spiro atoms. The highest BCUT2D eigenvalue weighted by Crippen LogP contribution is 2.17. The standard InChI is InChI=1S/C18H26FN3O2/c1-13(2)17-18(24)21(3)10-11-22(17)12-16(23)20-9-8-14-4-6-15(19)7-5-14/h4-7,13,17H,8-12H2,1-3H3,(H,20,23). The van der Waals surface area contributed by atoms with Crippen LogP contribution in [0.5, 0.6) is 0 Å². The Bertz CT molecular complexity index is 574. The molecule has 132 valence electrons. The summed E-state index contributed by atoms with van der Waals surface area (Å²) in [6.07, 6.45) is 0.654. The number of rotatable bonds is 6. The summed E-state index contributed by atoms with van der Waals surface area (Å²) in [5.41, 5.74) is 0.978. The van der Waals surface area contributed by atoms with Gasteiger partial charge in [0.1, 0.15) is 5.82 Å². The maximum atomic E-state index is 12.9. The van der Waals surface area contributed by atoms with Crippen LogP contribution in [0.1, 0.15) is 19.4 Å².